The van der Waals surface area contributed by atoms with Crippen molar-refractivity contribution >= 4 is 17.3 Å². The quantitative estimate of drug-likeness (QED) is 0.655. The van der Waals surface area contributed by atoms with E-state index in [9.17, 15) is 4.79 Å². The number of carbonyl (C=O) groups is 1. The predicted octanol–water partition coefficient (Wildman–Crippen LogP) is 5.02. The van der Waals surface area contributed by atoms with Crippen LogP contribution in [0.4, 0.5) is 11.4 Å². The van der Waals surface area contributed by atoms with Gasteiger partial charge in [0.25, 0.3) is 5.91 Å². The second-order valence-electron chi connectivity index (χ2n) is 7.50. The minimum absolute atomic E-state index is 0.126. The standard InChI is InChI=1S/C24H24N2O/c1-24(2)23(27)25(17-19-11-5-3-6-12-19)21-15-9-10-16-22(21)26(24)18-20-13-7-4-8-14-20/h3-16H,17-18H2,1-2H3. The highest BCUT2D eigenvalue weighted by molar-refractivity contribution is 6.07. The Bertz CT molecular complexity index is 935. The van der Waals surface area contributed by atoms with Crippen molar-refractivity contribution in [2.24, 2.45) is 0 Å². The SMILES string of the molecule is CC1(C)C(=O)N(Cc2ccccc2)c2ccccc2N1Cc1ccccc1. The number of para-hydroxylation sites is 2. The Kier molecular flexibility index (Phi) is 4.44. The summed E-state index contributed by atoms with van der Waals surface area (Å²) in [5.74, 6) is 0.126. The van der Waals surface area contributed by atoms with E-state index in [0.717, 1.165) is 16.9 Å². The largest absolute Gasteiger partial charge is 0.351 e. The molecule has 1 aliphatic rings. The van der Waals surface area contributed by atoms with Gasteiger partial charge in [-0.1, -0.05) is 72.8 Å². The van der Waals surface area contributed by atoms with E-state index >= 15 is 0 Å². The highest BCUT2D eigenvalue weighted by Gasteiger charge is 2.44. The third kappa shape index (κ3) is 3.21. The number of nitrogens with zero attached hydrogens (tertiary/aromatic N) is 2. The van der Waals surface area contributed by atoms with Crippen LogP contribution < -0.4 is 9.80 Å². The lowest BCUT2D eigenvalue weighted by Crippen LogP contribution is -2.59. The van der Waals surface area contributed by atoms with Crippen molar-refractivity contribution in [1.29, 1.82) is 0 Å². The normalized spacial score (nSPS) is 15.6. The summed E-state index contributed by atoms with van der Waals surface area (Å²) in [6, 6.07) is 28.7. The summed E-state index contributed by atoms with van der Waals surface area (Å²) >= 11 is 0. The van der Waals surface area contributed by atoms with Crippen LogP contribution >= 0.6 is 0 Å². The Hall–Kier alpha value is -3.07. The van der Waals surface area contributed by atoms with E-state index in [0.29, 0.717) is 13.1 Å². The van der Waals surface area contributed by atoms with E-state index in [1.807, 2.05) is 73.3 Å². The fraction of sp³-hybridized carbons (Fsp3) is 0.208. The first-order valence-corrected chi connectivity index (χ1v) is 9.34. The number of rotatable bonds is 4. The summed E-state index contributed by atoms with van der Waals surface area (Å²) in [7, 11) is 0. The molecule has 0 radical (unpaired) electrons. The number of benzene rings is 3. The zero-order chi connectivity index (χ0) is 18.9. The average Bonchev–Trinajstić information content (AvgIpc) is 2.70. The second kappa shape index (κ2) is 6.92. The van der Waals surface area contributed by atoms with Crippen LogP contribution in [-0.4, -0.2) is 11.4 Å². The number of amides is 1. The van der Waals surface area contributed by atoms with Crippen LogP contribution in [0.1, 0.15) is 25.0 Å². The molecule has 0 N–H and O–H groups in total. The maximum atomic E-state index is 13.5. The fourth-order valence-electron chi connectivity index (χ4n) is 3.75. The van der Waals surface area contributed by atoms with Gasteiger partial charge in [-0.3, -0.25) is 4.79 Å². The monoisotopic (exact) mass is 356 g/mol. The Morgan fingerprint density at radius 1 is 0.667 bits per heavy atom. The van der Waals surface area contributed by atoms with E-state index in [1.54, 1.807) is 0 Å². The highest BCUT2D eigenvalue weighted by atomic mass is 16.2. The van der Waals surface area contributed by atoms with E-state index in [2.05, 4.69) is 35.2 Å². The van der Waals surface area contributed by atoms with Crippen molar-refractivity contribution in [2.75, 3.05) is 9.80 Å². The number of anilines is 2. The molecule has 136 valence electrons. The van der Waals surface area contributed by atoms with Gasteiger partial charge in [0.15, 0.2) is 0 Å². The molecule has 1 heterocycles. The first kappa shape index (κ1) is 17.3. The molecule has 3 heteroatoms. The van der Waals surface area contributed by atoms with Gasteiger partial charge in [0.2, 0.25) is 0 Å². The van der Waals surface area contributed by atoms with Crippen LogP contribution in [0.2, 0.25) is 0 Å². The zero-order valence-electron chi connectivity index (χ0n) is 15.8. The Labute approximate surface area is 160 Å². The molecule has 0 saturated carbocycles. The van der Waals surface area contributed by atoms with Crippen LogP contribution in [0.5, 0.6) is 0 Å². The first-order valence-electron chi connectivity index (χ1n) is 9.34. The molecule has 0 atom stereocenters. The Balaban J connectivity index is 1.76. The van der Waals surface area contributed by atoms with Crippen molar-refractivity contribution in [1.82, 2.24) is 0 Å². The summed E-state index contributed by atoms with van der Waals surface area (Å²) < 4.78 is 0. The van der Waals surface area contributed by atoms with Crippen LogP contribution in [-0.2, 0) is 17.9 Å². The topological polar surface area (TPSA) is 23.6 Å². The summed E-state index contributed by atoms with van der Waals surface area (Å²) in [5.41, 5.74) is 3.78. The molecule has 0 unspecified atom stereocenters. The van der Waals surface area contributed by atoms with Crippen LogP contribution in [0.3, 0.4) is 0 Å². The van der Waals surface area contributed by atoms with Crippen molar-refractivity contribution in [3.63, 3.8) is 0 Å². The van der Waals surface area contributed by atoms with Gasteiger partial charge in [0.05, 0.1) is 17.9 Å². The van der Waals surface area contributed by atoms with Crippen LogP contribution in [0.15, 0.2) is 84.9 Å². The maximum absolute atomic E-state index is 13.5. The Morgan fingerprint density at radius 2 is 1.15 bits per heavy atom. The van der Waals surface area contributed by atoms with Crippen molar-refractivity contribution in [2.45, 2.75) is 32.5 Å². The first-order chi connectivity index (χ1) is 13.1. The van der Waals surface area contributed by atoms with Crippen molar-refractivity contribution in [3.8, 4) is 0 Å². The lowest BCUT2D eigenvalue weighted by atomic mass is 9.93. The minimum Gasteiger partial charge on any atom is -0.351 e. The summed E-state index contributed by atoms with van der Waals surface area (Å²) in [6.45, 7) is 5.33. The van der Waals surface area contributed by atoms with Crippen molar-refractivity contribution in [3.05, 3.63) is 96.1 Å². The number of carbonyl (C=O) groups excluding carboxylic acids is 1. The molecule has 3 nitrogen and oxygen atoms in total. The van der Waals surface area contributed by atoms with E-state index in [-0.39, 0.29) is 5.91 Å². The predicted molar refractivity (Wildman–Crippen MR) is 111 cm³/mol. The summed E-state index contributed by atoms with van der Waals surface area (Å²) in [5, 5.41) is 0. The molecule has 0 aliphatic carbocycles. The maximum Gasteiger partial charge on any atom is 0.252 e. The minimum atomic E-state index is -0.626. The van der Waals surface area contributed by atoms with Gasteiger partial charge >= 0.3 is 0 Å². The fourth-order valence-corrected chi connectivity index (χ4v) is 3.75. The molecule has 1 aliphatic heterocycles. The second-order valence-corrected chi connectivity index (χ2v) is 7.50. The van der Waals surface area contributed by atoms with Gasteiger partial charge in [0.1, 0.15) is 5.54 Å². The lowest BCUT2D eigenvalue weighted by Gasteiger charge is -2.48. The Morgan fingerprint density at radius 3 is 1.74 bits per heavy atom. The average molecular weight is 356 g/mol. The molecule has 1 amide bonds. The van der Waals surface area contributed by atoms with Gasteiger partial charge < -0.3 is 9.80 Å². The number of fused-ring (bicyclic) bond motifs is 1. The van der Waals surface area contributed by atoms with E-state index in [1.165, 1.54) is 5.56 Å². The molecule has 3 aromatic rings. The van der Waals surface area contributed by atoms with Crippen molar-refractivity contribution < 1.29 is 4.79 Å². The molecule has 0 aromatic heterocycles. The molecule has 4 rings (SSSR count). The van der Waals surface area contributed by atoms with E-state index in [4.69, 9.17) is 0 Å². The van der Waals surface area contributed by atoms with Crippen LogP contribution in [0.25, 0.3) is 0 Å². The molecule has 0 saturated heterocycles. The third-order valence-electron chi connectivity index (χ3n) is 5.27. The zero-order valence-corrected chi connectivity index (χ0v) is 15.8. The molecule has 0 fully saturated rings. The third-order valence-corrected chi connectivity index (χ3v) is 5.27. The molecule has 0 bridgehead atoms. The van der Waals surface area contributed by atoms with Gasteiger partial charge in [-0.2, -0.15) is 0 Å². The summed E-state index contributed by atoms with van der Waals surface area (Å²) in [4.78, 5) is 17.6. The van der Waals surface area contributed by atoms with Gasteiger partial charge in [0, 0.05) is 6.54 Å². The molecular weight excluding hydrogens is 332 g/mol. The molecule has 0 spiro atoms. The van der Waals surface area contributed by atoms with Gasteiger partial charge in [-0.15, -0.1) is 0 Å². The molecule has 3 aromatic carbocycles. The molecule has 27 heavy (non-hydrogen) atoms. The lowest BCUT2D eigenvalue weighted by molar-refractivity contribution is -0.123. The number of hydrogen-bond acceptors (Lipinski definition) is 2. The summed E-state index contributed by atoms with van der Waals surface area (Å²) in [6.07, 6.45) is 0. The number of hydrogen-bond donors (Lipinski definition) is 0. The highest BCUT2D eigenvalue weighted by Crippen LogP contribution is 2.41. The van der Waals surface area contributed by atoms with Gasteiger partial charge in [-0.05, 0) is 37.1 Å². The van der Waals surface area contributed by atoms with Gasteiger partial charge in [-0.25, -0.2) is 0 Å². The van der Waals surface area contributed by atoms with Crippen LogP contribution in [0, 0.1) is 0 Å². The molecular formula is C24H24N2O. The smallest absolute Gasteiger partial charge is 0.252 e. The van der Waals surface area contributed by atoms with E-state index < -0.39 is 5.54 Å².